The van der Waals surface area contributed by atoms with Gasteiger partial charge in [0.15, 0.2) is 0 Å². The van der Waals surface area contributed by atoms with Crippen molar-refractivity contribution < 1.29 is 19.4 Å². The molecule has 0 aliphatic rings. The molecule has 0 saturated carbocycles. The third kappa shape index (κ3) is 5.46. The summed E-state index contributed by atoms with van der Waals surface area (Å²) in [7, 11) is 0. The van der Waals surface area contributed by atoms with Gasteiger partial charge in [-0.25, -0.2) is 4.79 Å². The lowest BCUT2D eigenvalue weighted by Crippen LogP contribution is -2.09. The first kappa shape index (κ1) is 18.7. The molecular weight excluding hydrogens is 360 g/mol. The topological polar surface area (TPSA) is 55.8 Å². The van der Waals surface area contributed by atoms with E-state index in [1.54, 1.807) is 12.1 Å². The zero-order valence-electron chi connectivity index (χ0n) is 14.9. The molecule has 3 aromatic rings. The molecule has 0 unspecified atom stereocenters. The molecule has 1 heterocycles. The van der Waals surface area contributed by atoms with Crippen molar-refractivity contribution in [3.63, 3.8) is 0 Å². The van der Waals surface area contributed by atoms with Crippen molar-refractivity contribution in [3.8, 4) is 11.5 Å². The largest absolute Gasteiger partial charge is 0.490 e. The van der Waals surface area contributed by atoms with Gasteiger partial charge in [-0.05, 0) is 54.3 Å². The number of carbonyl (C=O) groups is 1. The molecule has 0 aliphatic carbocycles. The molecular formula is C22H20O4S. The molecule has 0 radical (unpaired) electrons. The van der Waals surface area contributed by atoms with Crippen molar-refractivity contribution in [2.24, 2.45) is 0 Å². The molecule has 3 rings (SSSR count). The van der Waals surface area contributed by atoms with Gasteiger partial charge < -0.3 is 14.6 Å². The molecule has 0 spiro atoms. The smallest absolute Gasteiger partial charge is 0.337 e. The van der Waals surface area contributed by atoms with Crippen LogP contribution in [0.1, 0.15) is 16.0 Å². The highest BCUT2D eigenvalue weighted by Crippen LogP contribution is 2.24. The van der Waals surface area contributed by atoms with E-state index < -0.39 is 5.97 Å². The van der Waals surface area contributed by atoms with Gasteiger partial charge in [-0.3, -0.25) is 0 Å². The van der Waals surface area contributed by atoms with Gasteiger partial charge in [0.2, 0.25) is 0 Å². The standard InChI is InChI=1S/C22H20O4S/c1-16-7-9-18(10-8-16)25-11-12-26-19-5-2-4-17(14-19)15-20(22(23)24)21-6-3-13-27-21/h2-10,13-15H,11-12H2,1H3,(H,23,24)/b20-15-. The number of aliphatic carboxylic acids is 1. The van der Waals surface area contributed by atoms with E-state index in [1.165, 1.54) is 16.9 Å². The average molecular weight is 380 g/mol. The van der Waals surface area contributed by atoms with Crippen LogP contribution in [0, 0.1) is 6.92 Å². The van der Waals surface area contributed by atoms with E-state index in [0.717, 1.165) is 16.2 Å². The predicted octanol–water partition coefficient (Wildman–Crippen LogP) is 5.14. The lowest BCUT2D eigenvalue weighted by atomic mass is 10.1. The Kier molecular flexibility index (Phi) is 6.28. The normalized spacial score (nSPS) is 11.2. The van der Waals surface area contributed by atoms with Crippen molar-refractivity contribution in [1.82, 2.24) is 0 Å². The van der Waals surface area contributed by atoms with Crippen LogP contribution in [-0.4, -0.2) is 24.3 Å². The first-order chi connectivity index (χ1) is 13.1. The quantitative estimate of drug-likeness (QED) is 0.434. The van der Waals surface area contributed by atoms with Crippen molar-refractivity contribution in [1.29, 1.82) is 0 Å². The molecule has 138 valence electrons. The zero-order chi connectivity index (χ0) is 19.1. The number of hydrogen-bond donors (Lipinski definition) is 1. The fourth-order valence-electron chi connectivity index (χ4n) is 2.48. The van der Waals surface area contributed by atoms with Crippen LogP contribution in [0.2, 0.25) is 0 Å². The molecule has 1 N–H and O–H groups in total. The Labute approximate surface area is 162 Å². The minimum atomic E-state index is -0.949. The Hall–Kier alpha value is -3.05. The van der Waals surface area contributed by atoms with Gasteiger partial charge in [0.25, 0.3) is 0 Å². The molecule has 1 aromatic heterocycles. The van der Waals surface area contributed by atoms with Crippen LogP contribution in [-0.2, 0) is 4.79 Å². The summed E-state index contributed by atoms with van der Waals surface area (Å²) in [5, 5.41) is 11.3. The van der Waals surface area contributed by atoms with E-state index >= 15 is 0 Å². The second kappa shape index (κ2) is 9.05. The highest BCUT2D eigenvalue weighted by atomic mass is 32.1. The first-order valence-electron chi connectivity index (χ1n) is 8.53. The Morgan fingerprint density at radius 1 is 1.00 bits per heavy atom. The van der Waals surface area contributed by atoms with E-state index in [9.17, 15) is 9.90 Å². The SMILES string of the molecule is Cc1ccc(OCCOc2cccc(/C=C(\C(=O)O)c3cccs3)c2)cc1. The molecule has 4 nitrogen and oxygen atoms in total. The van der Waals surface area contributed by atoms with E-state index in [2.05, 4.69) is 0 Å². The average Bonchev–Trinajstić information content (AvgIpc) is 3.19. The highest BCUT2D eigenvalue weighted by Gasteiger charge is 2.11. The Balaban J connectivity index is 1.60. The zero-order valence-corrected chi connectivity index (χ0v) is 15.7. The summed E-state index contributed by atoms with van der Waals surface area (Å²) >= 11 is 1.40. The molecule has 27 heavy (non-hydrogen) atoms. The molecule has 0 atom stereocenters. The van der Waals surface area contributed by atoms with Gasteiger partial charge in [-0.15, -0.1) is 11.3 Å². The van der Waals surface area contributed by atoms with Crippen molar-refractivity contribution >= 4 is 29.0 Å². The minimum Gasteiger partial charge on any atom is -0.490 e. The molecule has 2 aromatic carbocycles. The summed E-state index contributed by atoms with van der Waals surface area (Å²) < 4.78 is 11.4. The minimum absolute atomic E-state index is 0.268. The molecule has 0 fully saturated rings. The third-order valence-electron chi connectivity index (χ3n) is 3.83. The molecule has 0 amide bonds. The number of aryl methyl sites for hydroxylation is 1. The van der Waals surface area contributed by atoms with Gasteiger partial charge in [-0.1, -0.05) is 35.9 Å². The maximum atomic E-state index is 11.5. The summed E-state index contributed by atoms with van der Waals surface area (Å²) in [5.41, 5.74) is 2.23. The fourth-order valence-corrected chi connectivity index (χ4v) is 3.22. The maximum Gasteiger partial charge on any atom is 0.337 e. The van der Waals surface area contributed by atoms with Crippen LogP contribution in [0.5, 0.6) is 11.5 Å². The van der Waals surface area contributed by atoms with Crippen LogP contribution >= 0.6 is 11.3 Å². The van der Waals surface area contributed by atoms with E-state index in [0.29, 0.717) is 19.0 Å². The lowest BCUT2D eigenvalue weighted by molar-refractivity contribution is -0.130. The van der Waals surface area contributed by atoms with Gasteiger partial charge in [0.05, 0.1) is 5.57 Å². The number of hydrogen-bond acceptors (Lipinski definition) is 4. The van der Waals surface area contributed by atoms with Crippen LogP contribution in [0.25, 0.3) is 11.6 Å². The fraction of sp³-hybridized carbons (Fsp3) is 0.136. The third-order valence-corrected chi connectivity index (χ3v) is 4.73. The Bertz CT molecular complexity index is 912. The number of carboxylic acid groups (broad SMARTS) is 1. The summed E-state index contributed by atoms with van der Waals surface area (Å²) in [5.74, 6) is 0.533. The van der Waals surface area contributed by atoms with Crippen molar-refractivity contribution in [3.05, 3.63) is 82.0 Å². The lowest BCUT2D eigenvalue weighted by Gasteiger charge is -2.09. The summed E-state index contributed by atoms with van der Waals surface area (Å²) in [6.07, 6.45) is 1.66. The van der Waals surface area contributed by atoms with Gasteiger partial charge >= 0.3 is 5.97 Å². The number of ether oxygens (including phenoxy) is 2. The summed E-state index contributed by atoms with van der Waals surface area (Å²) in [6, 6.07) is 18.9. The van der Waals surface area contributed by atoms with Crippen molar-refractivity contribution in [2.75, 3.05) is 13.2 Å². The number of thiophene rings is 1. The number of rotatable bonds is 8. The number of benzene rings is 2. The van der Waals surface area contributed by atoms with Gasteiger partial charge in [-0.2, -0.15) is 0 Å². The van der Waals surface area contributed by atoms with Crippen LogP contribution < -0.4 is 9.47 Å². The number of carboxylic acids is 1. The summed E-state index contributed by atoms with van der Waals surface area (Å²) in [4.78, 5) is 12.3. The Morgan fingerprint density at radius 3 is 2.41 bits per heavy atom. The van der Waals surface area contributed by atoms with Crippen LogP contribution in [0.3, 0.4) is 0 Å². The highest BCUT2D eigenvalue weighted by molar-refractivity contribution is 7.11. The second-order valence-corrected chi connectivity index (χ2v) is 6.87. The molecule has 0 bridgehead atoms. The van der Waals surface area contributed by atoms with Crippen LogP contribution in [0.4, 0.5) is 0 Å². The van der Waals surface area contributed by atoms with E-state index in [-0.39, 0.29) is 5.57 Å². The molecule has 0 saturated heterocycles. The summed E-state index contributed by atoms with van der Waals surface area (Å²) in [6.45, 7) is 2.86. The monoisotopic (exact) mass is 380 g/mol. The first-order valence-corrected chi connectivity index (χ1v) is 9.41. The van der Waals surface area contributed by atoms with Crippen molar-refractivity contribution in [2.45, 2.75) is 6.92 Å². The van der Waals surface area contributed by atoms with E-state index in [4.69, 9.17) is 9.47 Å². The van der Waals surface area contributed by atoms with Gasteiger partial charge in [0, 0.05) is 4.88 Å². The molecule has 0 aliphatic heterocycles. The molecule has 5 heteroatoms. The van der Waals surface area contributed by atoms with Crippen LogP contribution in [0.15, 0.2) is 66.0 Å². The van der Waals surface area contributed by atoms with Gasteiger partial charge in [0.1, 0.15) is 24.7 Å². The predicted molar refractivity (Wildman–Crippen MR) is 108 cm³/mol. The second-order valence-electron chi connectivity index (χ2n) is 5.92. The maximum absolute atomic E-state index is 11.5. The van der Waals surface area contributed by atoms with E-state index in [1.807, 2.05) is 66.9 Å². The Morgan fingerprint density at radius 2 is 1.74 bits per heavy atom.